The quantitative estimate of drug-likeness (QED) is 0.706. The molecule has 3 aromatic rings. The minimum Gasteiger partial charge on any atom is -0.339 e. The van der Waals surface area contributed by atoms with Crippen LogP contribution in [0.25, 0.3) is 11.5 Å². The van der Waals surface area contributed by atoms with E-state index in [1.807, 2.05) is 18.2 Å². The molecule has 0 aliphatic carbocycles. The predicted molar refractivity (Wildman–Crippen MR) is 93.8 cm³/mol. The summed E-state index contributed by atoms with van der Waals surface area (Å²) in [5.74, 6) is -0.602. The highest BCUT2D eigenvalue weighted by molar-refractivity contribution is 5.79. The van der Waals surface area contributed by atoms with Gasteiger partial charge in [-0.1, -0.05) is 41.6 Å². The second-order valence-corrected chi connectivity index (χ2v) is 6.59. The maximum atomic E-state index is 15.3. The zero-order chi connectivity index (χ0) is 18.9. The van der Waals surface area contributed by atoms with Crippen LogP contribution in [0.1, 0.15) is 17.8 Å². The van der Waals surface area contributed by atoms with Crippen LogP contribution in [0.3, 0.4) is 0 Å². The van der Waals surface area contributed by atoms with Crippen molar-refractivity contribution >= 4 is 5.91 Å². The van der Waals surface area contributed by atoms with Crippen LogP contribution >= 0.6 is 0 Å². The van der Waals surface area contributed by atoms with Crippen LogP contribution in [-0.2, 0) is 16.9 Å². The summed E-state index contributed by atoms with van der Waals surface area (Å²) in [6, 6.07) is 15.2. The summed E-state index contributed by atoms with van der Waals surface area (Å²) < 4.78 is 34.3. The Labute approximate surface area is 154 Å². The van der Waals surface area contributed by atoms with Gasteiger partial charge in [-0.3, -0.25) is 4.79 Å². The Morgan fingerprint density at radius 3 is 2.67 bits per heavy atom. The Kier molecular flexibility index (Phi) is 4.43. The zero-order valence-corrected chi connectivity index (χ0v) is 14.4. The van der Waals surface area contributed by atoms with Gasteiger partial charge in [0, 0.05) is 18.5 Å². The molecule has 2 heterocycles. The van der Waals surface area contributed by atoms with E-state index in [4.69, 9.17) is 4.52 Å². The van der Waals surface area contributed by atoms with Crippen LogP contribution in [0.15, 0.2) is 59.1 Å². The Morgan fingerprint density at radius 1 is 1.15 bits per heavy atom. The molecule has 1 atom stereocenters. The molecule has 1 amide bonds. The average Bonchev–Trinajstić information content (AvgIpc) is 3.33. The lowest BCUT2D eigenvalue weighted by molar-refractivity contribution is -0.130. The van der Waals surface area contributed by atoms with Crippen molar-refractivity contribution in [2.24, 2.45) is 0 Å². The molecule has 1 aliphatic rings. The summed E-state index contributed by atoms with van der Waals surface area (Å²) in [5.41, 5.74) is -0.878. The number of alkyl halides is 1. The first kappa shape index (κ1) is 17.3. The summed E-state index contributed by atoms with van der Waals surface area (Å²) in [4.78, 5) is 18.0. The van der Waals surface area contributed by atoms with E-state index >= 15 is 4.39 Å². The van der Waals surface area contributed by atoms with Crippen molar-refractivity contribution < 1.29 is 18.1 Å². The molecule has 1 aliphatic heterocycles. The first-order chi connectivity index (χ1) is 13.0. The zero-order valence-electron chi connectivity index (χ0n) is 14.4. The number of carbonyl (C=O) groups is 1. The maximum absolute atomic E-state index is 15.3. The van der Waals surface area contributed by atoms with Gasteiger partial charge in [-0.25, -0.2) is 8.78 Å². The number of hydrogen-bond acceptors (Lipinski definition) is 4. The number of benzene rings is 2. The van der Waals surface area contributed by atoms with E-state index in [0.717, 1.165) is 0 Å². The number of halogens is 2. The highest BCUT2D eigenvalue weighted by atomic mass is 19.1. The maximum Gasteiger partial charge on any atom is 0.258 e. The summed E-state index contributed by atoms with van der Waals surface area (Å²) in [7, 11) is 0. The fourth-order valence-electron chi connectivity index (χ4n) is 3.19. The fourth-order valence-corrected chi connectivity index (χ4v) is 3.19. The topological polar surface area (TPSA) is 59.2 Å². The molecule has 2 aromatic carbocycles. The average molecular weight is 369 g/mol. The lowest BCUT2D eigenvalue weighted by Gasteiger charge is -2.18. The standard InChI is InChI=1S/C20H17F2N3O2/c21-16-9-5-4-8-15(16)12-17(26)25-11-10-20(22,13-25)19-23-18(27-24-19)14-6-2-1-3-7-14/h1-9H,10-13H2. The van der Waals surface area contributed by atoms with Gasteiger partial charge in [-0.05, 0) is 23.8 Å². The third kappa shape index (κ3) is 3.45. The van der Waals surface area contributed by atoms with E-state index < -0.39 is 11.5 Å². The molecule has 0 radical (unpaired) electrons. The normalized spacial score (nSPS) is 19.4. The van der Waals surface area contributed by atoms with Gasteiger partial charge in [0.25, 0.3) is 5.89 Å². The minimum atomic E-state index is -1.87. The molecule has 1 saturated heterocycles. The van der Waals surface area contributed by atoms with Crippen LogP contribution in [0.4, 0.5) is 8.78 Å². The van der Waals surface area contributed by atoms with E-state index in [2.05, 4.69) is 10.1 Å². The number of aromatic nitrogens is 2. The minimum absolute atomic E-state index is 0.0671. The molecule has 1 aromatic heterocycles. The monoisotopic (exact) mass is 369 g/mol. The van der Waals surface area contributed by atoms with Crippen LogP contribution < -0.4 is 0 Å². The van der Waals surface area contributed by atoms with Gasteiger partial charge < -0.3 is 9.42 Å². The second-order valence-electron chi connectivity index (χ2n) is 6.59. The van der Waals surface area contributed by atoms with Crippen molar-refractivity contribution in [3.63, 3.8) is 0 Å². The molecule has 7 heteroatoms. The van der Waals surface area contributed by atoms with E-state index in [1.54, 1.807) is 30.3 Å². The summed E-state index contributed by atoms with van der Waals surface area (Å²) in [6.07, 6.45) is -0.0337. The molecule has 0 spiro atoms. The third-order valence-electron chi connectivity index (χ3n) is 4.72. The Hall–Kier alpha value is -3.09. The molecular weight excluding hydrogens is 352 g/mol. The van der Waals surface area contributed by atoms with Crippen molar-refractivity contribution in [1.29, 1.82) is 0 Å². The van der Waals surface area contributed by atoms with Gasteiger partial charge in [-0.15, -0.1) is 0 Å². The number of carbonyl (C=O) groups excluding carboxylic acids is 1. The largest absolute Gasteiger partial charge is 0.339 e. The molecule has 27 heavy (non-hydrogen) atoms. The van der Waals surface area contributed by atoms with E-state index in [9.17, 15) is 9.18 Å². The SMILES string of the molecule is O=C(Cc1ccccc1F)N1CCC(F)(c2noc(-c3ccccc3)n2)C1. The number of amides is 1. The highest BCUT2D eigenvalue weighted by Crippen LogP contribution is 2.35. The van der Waals surface area contributed by atoms with Crippen molar-refractivity contribution in [3.05, 3.63) is 71.8 Å². The van der Waals surface area contributed by atoms with E-state index in [1.165, 1.54) is 11.0 Å². The van der Waals surface area contributed by atoms with Crippen LogP contribution in [0, 0.1) is 5.82 Å². The smallest absolute Gasteiger partial charge is 0.258 e. The highest BCUT2D eigenvalue weighted by Gasteiger charge is 2.45. The lowest BCUT2D eigenvalue weighted by Crippen LogP contribution is -2.33. The number of rotatable bonds is 4. The van der Waals surface area contributed by atoms with Crippen molar-refractivity contribution in [2.75, 3.05) is 13.1 Å². The molecule has 5 nitrogen and oxygen atoms in total. The molecule has 4 rings (SSSR count). The molecular formula is C20H17F2N3O2. The van der Waals surface area contributed by atoms with Gasteiger partial charge in [0.1, 0.15) is 5.82 Å². The number of likely N-dealkylation sites (tertiary alicyclic amines) is 1. The number of hydrogen-bond donors (Lipinski definition) is 0. The predicted octanol–water partition coefficient (Wildman–Crippen LogP) is 3.52. The summed E-state index contributed by atoms with van der Waals surface area (Å²) >= 11 is 0. The van der Waals surface area contributed by atoms with Crippen LogP contribution in [0.2, 0.25) is 0 Å². The van der Waals surface area contributed by atoms with E-state index in [-0.39, 0.29) is 43.6 Å². The van der Waals surface area contributed by atoms with Crippen molar-refractivity contribution in [2.45, 2.75) is 18.5 Å². The Balaban J connectivity index is 1.47. The summed E-state index contributed by atoms with van der Waals surface area (Å²) in [5, 5.41) is 3.78. The molecule has 0 N–H and O–H groups in total. The van der Waals surface area contributed by atoms with Gasteiger partial charge in [-0.2, -0.15) is 4.98 Å². The first-order valence-corrected chi connectivity index (χ1v) is 8.65. The fraction of sp³-hybridized carbons (Fsp3) is 0.250. The first-order valence-electron chi connectivity index (χ1n) is 8.65. The molecule has 138 valence electrons. The van der Waals surface area contributed by atoms with Crippen LogP contribution in [0.5, 0.6) is 0 Å². The van der Waals surface area contributed by atoms with Gasteiger partial charge >= 0.3 is 0 Å². The second kappa shape index (κ2) is 6.90. The van der Waals surface area contributed by atoms with Gasteiger partial charge in [0.15, 0.2) is 5.67 Å². The van der Waals surface area contributed by atoms with Crippen molar-refractivity contribution in [3.8, 4) is 11.5 Å². The van der Waals surface area contributed by atoms with Crippen LogP contribution in [-0.4, -0.2) is 34.0 Å². The molecule has 0 saturated carbocycles. The molecule has 1 fully saturated rings. The van der Waals surface area contributed by atoms with Crippen molar-refractivity contribution in [1.82, 2.24) is 15.0 Å². The Morgan fingerprint density at radius 2 is 1.89 bits per heavy atom. The van der Waals surface area contributed by atoms with E-state index in [0.29, 0.717) is 11.1 Å². The Bertz CT molecular complexity index is 961. The molecule has 1 unspecified atom stereocenters. The summed E-state index contributed by atoms with van der Waals surface area (Å²) in [6.45, 7) is 0.0487. The number of nitrogens with zero attached hydrogens (tertiary/aromatic N) is 3. The van der Waals surface area contributed by atoms with Gasteiger partial charge in [0.2, 0.25) is 11.7 Å². The van der Waals surface area contributed by atoms with Gasteiger partial charge in [0.05, 0.1) is 13.0 Å². The molecule has 0 bridgehead atoms. The third-order valence-corrected chi connectivity index (χ3v) is 4.72. The lowest BCUT2D eigenvalue weighted by atomic mass is 10.1.